The highest BCUT2D eigenvalue weighted by Gasteiger charge is 2.16. The molecule has 7 heteroatoms. The number of hydrogen-bond acceptors (Lipinski definition) is 4. The van der Waals surface area contributed by atoms with E-state index in [4.69, 9.17) is 16.0 Å². The van der Waals surface area contributed by atoms with Crippen molar-refractivity contribution in [3.63, 3.8) is 0 Å². The molecule has 1 aromatic heterocycles. The lowest BCUT2D eigenvalue weighted by atomic mass is 10.2. The predicted octanol–water partition coefficient (Wildman–Crippen LogP) is 3.59. The molecule has 21 heavy (non-hydrogen) atoms. The molecule has 0 spiro atoms. The lowest BCUT2D eigenvalue weighted by Crippen LogP contribution is -2.13. The van der Waals surface area contributed by atoms with Crippen LogP contribution in [0.25, 0.3) is 11.1 Å². The predicted molar refractivity (Wildman–Crippen MR) is 81.0 cm³/mol. The van der Waals surface area contributed by atoms with Gasteiger partial charge in [-0.3, -0.25) is 4.72 Å². The third-order valence-corrected chi connectivity index (χ3v) is 4.69. The highest BCUT2D eigenvalue weighted by molar-refractivity contribution is 7.92. The van der Waals surface area contributed by atoms with Gasteiger partial charge in [0.2, 0.25) is 0 Å². The molecule has 108 valence electrons. The average molecular weight is 323 g/mol. The second kappa shape index (κ2) is 5.05. The first-order valence-electron chi connectivity index (χ1n) is 6.08. The number of anilines is 1. The van der Waals surface area contributed by atoms with E-state index in [1.807, 2.05) is 6.92 Å². The molecule has 0 aliphatic carbocycles. The molecule has 0 unspecified atom stereocenters. The van der Waals surface area contributed by atoms with Gasteiger partial charge in [0.1, 0.15) is 5.52 Å². The van der Waals surface area contributed by atoms with Crippen molar-refractivity contribution >= 4 is 38.4 Å². The second-order valence-corrected chi connectivity index (χ2v) is 6.66. The molecule has 0 atom stereocenters. The number of rotatable bonds is 3. The van der Waals surface area contributed by atoms with Crippen LogP contribution in [0.15, 0.2) is 52.1 Å². The number of benzene rings is 2. The van der Waals surface area contributed by atoms with Crippen molar-refractivity contribution in [3.8, 4) is 0 Å². The molecule has 0 amide bonds. The van der Waals surface area contributed by atoms with Crippen molar-refractivity contribution in [1.82, 2.24) is 4.98 Å². The zero-order chi connectivity index (χ0) is 15.0. The normalized spacial score (nSPS) is 11.7. The minimum atomic E-state index is -3.70. The third kappa shape index (κ3) is 2.72. The van der Waals surface area contributed by atoms with Crippen molar-refractivity contribution in [1.29, 1.82) is 0 Å². The molecular weight excluding hydrogens is 312 g/mol. The second-order valence-electron chi connectivity index (χ2n) is 4.57. The van der Waals surface area contributed by atoms with E-state index in [9.17, 15) is 8.42 Å². The molecule has 0 radical (unpaired) electrons. The Morgan fingerprint density at radius 2 is 1.90 bits per heavy atom. The number of fused-ring (bicyclic) bond motifs is 1. The summed E-state index contributed by atoms with van der Waals surface area (Å²) in [6.45, 7) is 1.89. The minimum absolute atomic E-state index is 0.168. The first kappa shape index (κ1) is 13.9. The van der Waals surface area contributed by atoms with Crippen LogP contribution in [0.5, 0.6) is 0 Å². The van der Waals surface area contributed by atoms with Crippen LogP contribution in [0.2, 0.25) is 5.02 Å². The Bertz CT molecular complexity index is 902. The van der Waals surface area contributed by atoms with E-state index in [-0.39, 0.29) is 15.6 Å². The number of hydrogen-bond donors (Lipinski definition) is 1. The number of aromatic nitrogens is 1. The maximum Gasteiger partial charge on any atom is 0.261 e. The van der Waals surface area contributed by atoms with Crippen molar-refractivity contribution in [2.45, 2.75) is 11.8 Å². The van der Waals surface area contributed by atoms with E-state index in [0.717, 1.165) is 5.56 Å². The van der Waals surface area contributed by atoms with Gasteiger partial charge in [-0.1, -0.05) is 29.3 Å². The SMILES string of the molecule is Cc1ccc(S(=O)(=O)Nc2cc3ocnc3cc2Cl)cc1. The van der Waals surface area contributed by atoms with E-state index in [1.165, 1.54) is 12.5 Å². The summed E-state index contributed by atoms with van der Waals surface area (Å²) in [5, 5.41) is 0.257. The molecule has 5 nitrogen and oxygen atoms in total. The van der Waals surface area contributed by atoms with Crippen LogP contribution in [0.3, 0.4) is 0 Å². The molecule has 3 rings (SSSR count). The molecule has 0 fully saturated rings. The van der Waals surface area contributed by atoms with Gasteiger partial charge in [-0.05, 0) is 25.1 Å². The molecular formula is C14H11ClN2O3S. The summed E-state index contributed by atoms with van der Waals surface area (Å²) < 4.78 is 32.2. The van der Waals surface area contributed by atoms with Crippen LogP contribution in [0.4, 0.5) is 5.69 Å². The molecule has 0 saturated heterocycles. The van der Waals surface area contributed by atoms with Gasteiger partial charge in [-0.2, -0.15) is 0 Å². The molecule has 0 aliphatic rings. The summed E-state index contributed by atoms with van der Waals surface area (Å²) in [7, 11) is -3.70. The summed E-state index contributed by atoms with van der Waals surface area (Å²) in [5.74, 6) is 0. The topological polar surface area (TPSA) is 72.2 Å². The number of aryl methyl sites for hydroxylation is 1. The van der Waals surface area contributed by atoms with E-state index in [1.54, 1.807) is 30.3 Å². The van der Waals surface area contributed by atoms with Gasteiger partial charge in [0, 0.05) is 6.07 Å². The van der Waals surface area contributed by atoms with Crippen molar-refractivity contribution in [3.05, 3.63) is 53.4 Å². The summed E-state index contributed by atoms with van der Waals surface area (Å²) in [5.41, 5.74) is 2.26. The van der Waals surface area contributed by atoms with Crippen LogP contribution < -0.4 is 4.72 Å². The Morgan fingerprint density at radius 3 is 2.62 bits per heavy atom. The molecule has 0 saturated carbocycles. The van der Waals surface area contributed by atoms with Crippen LogP contribution in [0.1, 0.15) is 5.56 Å². The molecule has 1 heterocycles. The fourth-order valence-corrected chi connectivity index (χ4v) is 3.21. The standard InChI is InChI=1S/C14H11ClN2O3S/c1-9-2-4-10(5-3-9)21(18,19)17-12-7-14-13(6-11(12)15)16-8-20-14/h2-8,17H,1H3. The smallest absolute Gasteiger partial charge is 0.261 e. The molecule has 0 bridgehead atoms. The molecule has 2 aromatic carbocycles. The fourth-order valence-electron chi connectivity index (χ4n) is 1.88. The Morgan fingerprint density at radius 1 is 1.19 bits per heavy atom. The Kier molecular flexibility index (Phi) is 3.35. The first-order valence-corrected chi connectivity index (χ1v) is 7.94. The van der Waals surface area contributed by atoms with E-state index < -0.39 is 10.0 Å². The first-order chi connectivity index (χ1) is 9.95. The van der Waals surface area contributed by atoms with Gasteiger partial charge in [-0.15, -0.1) is 0 Å². The fraction of sp³-hybridized carbons (Fsp3) is 0.0714. The summed E-state index contributed by atoms with van der Waals surface area (Å²) in [6.07, 6.45) is 1.28. The maximum atomic E-state index is 12.3. The van der Waals surface area contributed by atoms with Gasteiger partial charge < -0.3 is 4.42 Å². The van der Waals surface area contributed by atoms with Crippen LogP contribution >= 0.6 is 11.6 Å². The summed E-state index contributed by atoms with van der Waals surface area (Å²) in [6, 6.07) is 9.60. The van der Waals surface area contributed by atoms with Crippen LogP contribution in [-0.2, 0) is 10.0 Å². The summed E-state index contributed by atoms with van der Waals surface area (Å²) >= 11 is 6.07. The molecule has 1 N–H and O–H groups in total. The highest BCUT2D eigenvalue weighted by Crippen LogP contribution is 2.29. The average Bonchev–Trinajstić information content (AvgIpc) is 2.86. The van der Waals surface area contributed by atoms with Gasteiger partial charge in [0.05, 0.1) is 15.6 Å². The van der Waals surface area contributed by atoms with Gasteiger partial charge >= 0.3 is 0 Å². The maximum absolute atomic E-state index is 12.3. The number of oxazole rings is 1. The largest absolute Gasteiger partial charge is 0.443 e. The lowest BCUT2D eigenvalue weighted by Gasteiger charge is -2.09. The van der Waals surface area contributed by atoms with Gasteiger partial charge in [0.25, 0.3) is 10.0 Å². The Hall–Kier alpha value is -2.05. The number of nitrogens with zero attached hydrogens (tertiary/aromatic N) is 1. The molecule has 3 aromatic rings. The minimum Gasteiger partial charge on any atom is -0.443 e. The third-order valence-electron chi connectivity index (χ3n) is 3.00. The van der Waals surface area contributed by atoms with Gasteiger partial charge in [0.15, 0.2) is 12.0 Å². The van der Waals surface area contributed by atoms with E-state index in [2.05, 4.69) is 9.71 Å². The van der Waals surface area contributed by atoms with Crippen LogP contribution in [-0.4, -0.2) is 13.4 Å². The zero-order valence-corrected chi connectivity index (χ0v) is 12.6. The van der Waals surface area contributed by atoms with Crippen molar-refractivity contribution < 1.29 is 12.8 Å². The van der Waals surface area contributed by atoms with E-state index in [0.29, 0.717) is 11.1 Å². The van der Waals surface area contributed by atoms with E-state index >= 15 is 0 Å². The van der Waals surface area contributed by atoms with Gasteiger partial charge in [-0.25, -0.2) is 13.4 Å². The molecule has 0 aliphatic heterocycles. The Labute approximate surface area is 126 Å². The summed E-state index contributed by atoms with van der Waals surface area (Å²) in [4.78, 5) is 4.13. The quantitative estimate of drug-likeness (QED) is 0.799. The van der Waals surface area contributed by atoms with Crippen molar-refractivity contribution in [2.24, 2.45) is 0 Å². The zero-order valence-electron chi connectivity index (χ0n) is 11.0. The highest BCUT2D eigenvalue weighted by atomic mass is 35.5. The lowest BCUT2D eigenvalue weighted by molar-refractivity contribution is 0.601. The van der Waals surface area contributed by atoms with Crippen LogP contribution in [0, 0.1) is 6.92 Å². The Balaban J connectivity index is 2.00. The number of sulfonamides is 1. The van der Waals surface area contributed by atoms with Crippen molar-refractivity contribution in [2.75, 3.05) is 4.72 Å². The number of halogens is 1. The number of nitrogens with one attached hydrogen (secondary N) is 1. The monoisotopic (exact) mass is 322 g/mol.